The summed E-state index contributed by atoms with van der Waals surface area (Å²) in [5.74, 6) is -29.1. The molecule has 6 aromatic carbocycles. The van der Waals surface area contributed by atoms with Crippen molar-refractivity contribution >= 4 is 24.1 Å². The summed E-state index contributed by atoms with van der Waals surface area (Å²) in [5.41, 5.74) is 6.46. The fraction of sp³-hybridized carbons (Fsp3) is 0.274. The fourth-order valence-corrected chi connectivity index (χ4v) is 9.04. The highest BCUT2D eigenvalue weighted by atomic mass is 19.2. The largest absolute Gasteiger partial charge is 0.743 e. The average Bonchev–Trinajstić information content (AvgIpc) is 4.04. The Bertz CT molecular complexity index is 3400. The first-order chi connectivity index (χ1) is 35.8. The smallest absolute Gasteiger partial charge is 0.502 e. The van der Waals surface area contributed by atoms with Crippen LogP contribution in [0, 0.1) is 58.2 Å². The lowest BCUT2D eigenvalue weighted by Crippen LogP contribution is -2.41. The second-order valence-electron chi connectivity index (χ2n) is 23.3. The monoisotopic (exact) mass is 1060 g/mol. The maximum absolute atomic E-state index is 16.0. The van der Waals surface area contributed by atoms with Gasteiger partial charge >= 0.3 is 7.25 Å². The first-order valence-electron chi connectivity index (χ1n) is 24.9. The van der Waals surface area contributed by atoms with Crippen LogP contribution in [0.5, 0.6) is 11.5 Å². The lowest BCUT2D eigenvalue weighted by Gasteiger charge is -2.24. The van der Waals surface area contributed by atoms with Gasteiger partial charge in [-0.25, -0.2) is 31.3 Å². The highest BCUT2D eigenvalue weighted by Gasteiger charge is 2.42. The van der Waals surface area contributed by atoms with Gasteiger partial charge in [0.1, 0.15) is 0 Å². The molecule has 1 aliphatic rings. The lowest BCUT2D eigenvalue weighted by atomic mass is 9.85. The van der Waals surface area contributed by atoms with Crippen molar-refractivity contribution in [2.45, 2.75) is 112 Å². The lowest BCUT2D eigenvalue weighted by molar-refractivity contribution is 0.306. The van der Waals surface area contributed by atoms with Gasteiger partial charge in [0.05, 0.1) is 11.4 Å². The summed E-state index contributed by atoms with van der Waals surface area (Å²) in [5, 5.41) is 0. The summed E-state index contributed by atoms with van der Waals surface area (Å²) in [6, 6.07) is 31.3. The van der Waals surface area contributed by atoms with Crippen molar-refractivity contribution in [1.29, 1.82) is 0 Å². The van der Waals surface area contributed by atoms with Gasteiger partial charge in [-0.05, 0) is 85.2 Å². The summed E-state index contributed by atoms with van der Waals surface area (Å²) in [6.07, 6.45) is 1.86. The Labute approximate surface area is 443 Å². The second kappa shape index (κ2) is 20.3. The molecule has 0 unspecified atom stereocenters. The van der Waals surface area contributed by atoms with Crippen LogP contribution in [0.15, 0.2) is 120 Å². The SMILES string of the molecule is C/C(=C1/N=C(c2ccc(C(C)(C)C)cc2)C=C1c1ccc(C(C)(C)C)cc1)c1c(-c2ccc(C(C)(C)C)cc2)cc(-c2ccc(C(C)(C)C)cc2)n1B(Oc1c(F)c(F)c(F)c(F)c1F)Oc1c(F)c(F)c(F)c(F)c1F. The number of benzene rings is 6. The maximum atomic E-state index is 16.0. The van der Waals surface area contributed by atoms with Crippen LogP contribution >= 0.6 is 0 Å². The molecule has 4 nitrogen and oxygen atoms in total. The maximum Gasteiger partial charge on any atom is 0.743 e. The molecule has 1 aromatic heterocycles. The molecule has 15 heteroatoms. The standard InChI is InChI=1S/C62H57BF10N2O2/c1-32(55-41(33-14-22-37(23-15-33)59(2,3)4)30-43(74-55)35-18-26-39(27-19-35)61(8,9)10)56-42(34-16-24-38(25-17-34)60(5,6)7)31-44(36-20-28-40(29-21-36)62(11,12)13)75(56)63(76-57-51(70)47(66)45(64)48(67)52(57)71)77-58-53(72)49(68)46(65)50(69)54(58)73/h14-31H,1-13H3/b55-32-. The Hall–Kier alpha value is -7.29. The molecular formula is C62H57BF10N2O2. The fourth-order valence-electron chi connectivity index (χ4n) is 9.04. The molecule has 0 saturated carbocycles. The number of hydrogen-bond acceptors (Lipinski definition) is 3. The topological polar surface area (TPSA) is 35.8 Å². The van der Waals surface area contributed by atoms with E-state index in [4.69, 9.17) is 14.3 Å². The molecule has 2 heterocycles. The van der Waals surface area contributed by atoms with Gasteiger partial charge in [0.2, 0.25) is 58.2 Å². The predicted octanol–water partition coefficient (Wildman–Crippen LogP) is 17.7. The Morgan fingerprint density at radius 3 is 1.08 bits per heavy atom. The van der Waals surface area contributed by atoms with E-state index in [1.54, 1.807) is 49.4 Å². The van der Waals surface area contributed by atoms with Gasteiger partial charge in [0.15, 0.2) is 11.5 Å². The summed E-state index contributed by atoms with van der Waals surface area (Å²) >= 11 is 0. The van der Waals surface area contributed by atoms with E-state index < -0.39 is 82.3 Å². The third-order valence-corrected chi connectivity index (χ3v) is 13.7. The zero-order chi connectivity index (χ0) is 56.6. The zero-order valence-electron chi connectivity index (χ0n) is 45.0. The van der Waals surface area contributed by atoms with Crippen molar-refractivity contribution in [1.82, 2.24) is 4.48 Å². The van der Waals surface area contributed by atoms with Crippen molar-refractivity contribution in [2.75, 3.05) is 0 Å². The van der Waals surface area contributed by atoms with Crippen LogP contribution in [0.25, 0.3) is 33.5 Å². The molecule has 1 aliphatic heterocycles. The van der Waals surface area contributed by atoms with E-state index in [1.807, 2.05) is 108 Å². The molecule has 77 heavy (non-hydrogen) atoms. The highest BCUT2D eigenvalue weighted by Crippen LogP contribution is 2.45. The quantitative estimate of drug-likeness (QED) is 0.0592. The van der Waals surface area contributed by atoms with Crippen LogP contribution < -0.4 is 9.31 Å². The van der Waals surface area contributed by atoms with Gasteiger partial charge in [0, 0.05) is 28.1 Å². The molecule has 8 rings (SSSR count). The Morgan fingerprint density at radius 2 is 0.727 bits per heavy atom. The molecule has 0 radical (unpaired) electrons. The van der Waals surface area contributed by atoms with E-state index in [9.17, 15) is 8.78 Å². The number of rotatable bonds is 10. The van der Waals surface area contributed by atoms with Gasteiger partial charge < -0.3 is 13.8 Å². The molecule has 0 fully saturated rings. The van der Waals surface area contributed by atoms with Gasteiger partial charge in [-0.3, -0.25) is 0 Å². The number of hydrogen-bond donors (Lipinski definition) is 0. The van der Waals surface area contributed by atoms with E-state index in [0.29, 0.717) is 28.0 Å². The molecule has 0 amide bonds. The third kappa shape index (κ3) is 10.7. The van der Waals surface area contributed by atoms with Crippen LogP contribution in [0.3, 0.4) is 0 Å². The third-order valence-electron chi connectivity index (χ3n) is 13.7. The van der Waals surface area contributed by atoms with Crippen molar-refractivity contribution in [3.8, 4) is 33.9 Å². The average molecular weight is 1060 g/mol. The summed E-state index contributed by atoms with van der Waals surface area (Å²) in [4.78, 5) is 5.23. The Morgan fingerprint density at radius 1 is 0.416 bits per heavy atom. The van der Waals surface area contributed by atoms with Crippen molar-refractivity contribution < 1.29 is 53.2 Å². The van der Waals surface area contributed by atoms with E-state index in [2.05, 4.69) is 41.5 Å². The van der Waals surface area contributed by atoms with Crippen LogP contribution in [0.4, 0.5) is 43.9 Å². The van der Waals surface area contributed by atoms with Crippen molar-refractivity contribution in [3.05, 3.63) is 212 Å². The summed E-state index contributed by atoms with van der Waals surface area (Å²) in [7, 11) is -2.85. The van der Waals surface area contributed by atoms with Crippen LogP contribution in [-0.2, 0) is 21.7 Å². The summed E-state index contributed by atoms with van der Waals surface area (Å²) < 4.78 is 167. The minimum atomic E-state index is -2.85. The highest BCUT2D eigenvalue weighted by molar-refractivity contribution is 6.46. The number of aliphatic imine (C=N–C) groups is 1. The van der Waals surface area contributed by atoms with Crippen LogP contribution in [0.1, 0.15) is 129 Å². The van der Waals surface area contributed by atoms with Crippen molar-refractivity contribution in [3.63, 3.8) is 0 Å². The molecule has 0 atom stereocenters. The van der Waals surface area contributed by atoms with Crippen molar-refractivity contribution in [2.24, 2.45) is 4.99 Å². The minimum Gasteiger partial charge on any atom is -0.502 e. The zero-order valence-corrected chi connectivity index (χ0v) is 45.0. The first kappa shape index (κ1) is 55.9. The predicted molar refractivity (Wildman–Crippen MR) is 285 cm³/mol. The number of nitrogens with zero attached hydrogens (tertiary/aromatic N) is 2. The molecule has 0 saturated heterocycles. The van der Waals surface area contributed by atoms with Gasteiger partial charge in [-0.1, -0.05) is 180 Å². The van der Waals surface area contributed by atoms with Gasteiger partial charge in [0.25, 0.3) is 0 Å². The molecule has 400 valence electrons. The van der Waals surface area contributed by atoms with E-state index >= 15 is 35.1 Å². The molecule has 0 spiro atoms. The number of aromatic nitrogens is 1. The molecule has 0 aliphatic carbocycles. The van der Waals surface area contributed by atoms with E-state index in [0.717, 1.165) is 26.7 Å². The van der Waals surface area contributed by atoms with Gasteiger partial charge in [-0.15, -0.1) is 0 Å². The molecule has 0 bridgehead atoms. The Balaban J connectivity index is 1.54. The molecule has 0 N–H and O–H groups in total. The minimum absolute atomic E-state index is 0.0342. The number of allylic oxidation sites excluding steroid dienone is 3. The van der Waals surface area contributed by atoms with Crippen LogP contribution in [0.2, 0.25) is 0 Å². The molecule has 7 aromatic rings. The normalized spacial score (nSPS) is 14.0. The van der Waals surface area contributed by atoms with Crippen LogP contribution in [-0.4, -0.2) is 17.4 Å². The van der Waals surface area contributed by atoms with Gasteiger partial charge in [-0.2, -0.15) is 17.6 Å². The van der Waals surface area contributed by atoms with E-state index in [-0.39, 0.29) is 50.0 Å². The summed E-state index contributed by atoms with van der Waals surface area (Å²) in [6.45, 7) is 25.9. The first-order valence-corrected chi connectivity index (χ1v) is 24.9. The Kier molecular flexibility index (Phi) is 14.7. The van der Waals surface area contributed by atoms with E-state index in [1.165, 1.54) is 0 Å². The second-order valence-corrected chi connectivity index (χ2v) is 23.3. The number of halogens is 10. The molecular weight excluding hydrogens is 1010 g/mol.